The van der Waals surface area contributed by atoms with Crippen molar-refractivity contribution < 1.29 is 9.53 Å². The number of hydrogen-bond donors (Lipinski definition) is 2. The maximum atomic E-state index is 12.4. The van der Waals surface area contributed by atoms with Gasteiger partial charge in [-0.15, -0.1) is 0 Å². The van der Waals surface area contributed by atoms with Gasteiger partial charge in [-0.1, -0.05) is 6.07 Å². The quantitative estimate of drug-likeness (QED) is 0.798. The third-order valence-corrected chi connectivity index (χ3v) is 4.09. The highest BCUT2D eigenvalue weighted by molar-refractivity contribution is 6.00. The summed E-state index contributed by atoms with van der Waals surface area (Å²) >= 11 is 0. The molecule has 0 atom stereocenters. The molecule has 2 aliphatic rings. The van der Waals surface area contributed by atoms with E-state index in [1.165, 1.54) is 25.7 Å². The number of amides is 1. The largest absolute Gasteiger partial charge is 0.495 e. The first-order valence-corrected chi connectivity index (χ1v) is 6.94. The number of para-hydroxylation sites is 1. The molecule has 0 heterocycles. The predicted octanol–water partition coefficient (Wildman–Crippen LogP) is 2.20. The van der Waals surface area contributed by atoms with Crippen molar-refractivity contribution in [3.63, 3.8) is 0 Å². The molecular weight excluding hydrogens is 240 g/mol. The smallest absolute Gasteiger partial charge is 0.253 e. The molecule has 0 radical (unpaired) electrons. The van der Waals surface area contributed by atoms with Crippen LogP contribution in [0.25, 0.3) is 0 Å². The third-order valence-electron chi connectivity index (χ3n) is 4.09. The predicted molar refractivity (Wildman–Crippen MR) is 74.1 cm³/mol. The zero-order valence-corrected chi connectivity index (χ0v) is 11.2. The Bertz CT molecular complexity index is 481. The van der Waals surface area contributed by atoms with Gasteiger partial charge in [0, 0.05) is 6.04 Å². The minimum absolute atomic E-state index is 0.0693. The Labute approximate surface area is 113 Å². The minimum atomic E-state index is -0.0693. The van der Waals surface area contributed by atoms with Crippen LogP contribution in [0.1, 0.15) is 36.0 Å². The van der Waals surface area contributed by atoms with E-state index in [-0.39, 0.29) is 5.91 Å². The van der Waals surface area contributed by atoms with Crippen LogP contribution in [0.5, 0.6) is 5.75 Å². The molecule has 0 saturated heterocycles. The molecular formula is C15H20N2O2. The summed E-state index contributed by atoms with van der Waals surface area (Å²) in [5, 5.41) is 3.17. The zero-order valence-electron chi connectivity index (χ0n) is 11.2. The summed E-state index contributed by atoms with van der Waals surface area (Å²) in [5.41, 5.74) is 6.91. The number of carbonyl (C=O) groups excluding carboxylic acids is 1. The number of nitrogens with two attached hydrogens (primary N) is 1. The van der Waals surface area contributed by atoms with E-state index in [0.29, 0.717) is 34.9 Å². The average molecular weight is 260 g/mol. The summed E-state index contributed by atoms with van der Waals surface area (Å²) in [4.78, 5) is 12.4. The van der Waals surface area contributed by atoms with Crippen molar-refractivity contribution in [2.24, 2.45) is 11.8 Å². The molecule has 0 unspecified atom stereocenters. The monoisotopic (exact) mass is 260 g/mol. The maximum Gasteiger partial charge on any atom is 0.253 e. The lowest BCUT2D eigenvalue weighted by Crippen LogP contribution is -2.38. The highest BCUT2D eigenvalue weighted by Crippen LogP contribution is 2.44. The van der Waals surface area contributed by atoms with Crippen molar-refractivity contribution >= 4 is 11.6 Å². The van der Waals surface area contributed by atoms with E-state index in [1.807, 2.05) is 0 Å². The molecule has 2 fully saturated rings. The lowest BCUT2D eigenvalue weighted by atomic mass is 10.1. The molecule has 3 N–H and O–H groups in total. The van der Waals surface area contributed by atoms with Crippen LogP contribution in [0.2, 0.25) is 0 Å². The number of anilines is 1. The van der Waals surface area contributed by atoms with Crippen LogP contribution in [0.3, 0.4) is 0 Å². The SMILES string of the molecule is COc1cccc(C(=O)NC(C2CC2)C2CC2)c1N. The van der Waals surface area contributed by atoms with E-state index in [0.717, 1.165) is 0 Å². The van der Waals surface area contributed by atoms with Crippen molar-refractivity contribution in [2.75, 3.05) is 12.8 Å². The fourth-order valence-corrected chi connectivity index (χ4v) is 2.68. The number of rotatable bonds is 5. The molecule has 0 bridgehead atoms. The van der Waals surface area contributed by atoms with Gasteiger partial charge >= 0.3 is 0 Å². The fraction of sp³-hybridized carbons (Fsp3) is 0.533. The van der Waals surface area contributed by atoms with Crippen molar-refractivity contribution in [1.82, 2.24) is 5.32 Å². The molecule has 19 heavy (non-hydrogen) atoms. The van der Waals surface area contributed by atoms with Crippen LogP contribution in [0.4, 0.5) is 5.69 Å². The summed E-state index contributed by atoms with van der Waals surface area (Å²) in [7, 11) is 1.56. The van der Waals surface area contributed by atoms with E-state index in [9.17, 15) is 4.79 Å². The van der Waals surface area contributed by atoms with Crippen LogP contribution in [0.15, 0.2) is 18.2 Å². The first-order chi connectivity index (χ1) is 9.20. The van der Waals surface area contributed by atoms with Crippen LogP contribution in [0, 0.1) is 11.8 Å². The summed E-state index contributed by atoms with van der Waals surface area (Å²) in [6.45, 7) is 0. The summed E-state index contributed by atoms with van der Waals surface area (Å²) in [6, 6.07) is 5.67. The molecule has 4 heteroatoms. The maximum absolute atomic E-state index is 12.4. The van der Waals surface area contributed by atoms with Gasteiger partial charge < -0.3 is 15.8 Å². The van der Waals surface area contributed by atoms with E-state index in [2.05, 4.69) is 5.32 Å². The number of carbonyl (C=O) groups is 1. The molecule has 1 amide bonds. The number of hydrogen-bond acceptors (Lipinski definition) is 3. The van der Waals surface area contributed by atoms with Crippen LogP contribution in [-0.4, -0.2) is 19.1 Å². The fourth-order valence-electron chi connectivity index (χ4n) is 2.68. The van der Waals surface area contributed by atoms with Gasteiger partial charge in [-0.25, -0.2) is 0 Å². The standard InChI is InChI=1S/C15H20N2O2/c1-19-12-4-2-3-11(13(12)16)15(18)17-14(9-5-6-9)10-7-8-10/h2-4,9-10,14H,5-8,16H2,1H3,(H,17,18). The number of ether oxygens (including phenoxy) is 1. The average Bonchev–Trinajstić information content (AvgIpc) is 3.29. The second-order valence-corrected chi connectivity index (χ2v) is 5.60. The molecule has 0 aromatic heterocycles. The molecule has 2 aliphatic carbocycles. The number of nitrogens with one attached hydrogen (secondary N) is 1. The Morgan fingerprint density at radius 2 is 1.95 bits per heavy atom. The van der Waals surface area contributed by atoms with Gasteiger partial charge in [-0.05, 0) is 49.7 Å². The molecule has 3 rings (SSSR count). The second kappa shape index (κ2) is 4.76. The van der Waals surface area contributed by atoms with Gasteiger partial charge in [0.2, 0.25) is 0 Å². The molecule has 4 nitrogen and oxygen atoms in total. The first kappa shape index (κ1) is 12.3. The molecule has 2 saturated carbocycles. The Morgan fingerprint density at radius 3 is 2.47 bits per heavy atom. The second-order valence-electron chi connectivity index (χ2n) is 5.60. The third kappa shape index (κ3) is 2.53. The van der Waals surface area contributed by atoms with Crippen LogP contribution < -0.4 is 15.8 Å². The zero-order chi connectivity index (χ0) is 13.4. The van der Waals surface area contributed by atoms with E-state index < -0.39 is 0 Å². The lowest BCUT2D eigenvalue weighted by Gasteiger charge is -2.18. The van der Waals surface area contributed by atoms with Crippen molar-refractivity contribution in [1.29, 1.82) is 0 Å². The topological polar surface area (TPSA) is 64.3 Å². The number of nitrogen functional groups attached to an aromatic ring is 1. The highest BCUT2D eigenvalue weighted by atomic mass is 16.5. The van der Waals surface area contributed by atoms with Crippen LogP contribution >= 0.6 is 0 Å². The Balaban J connectivity index is 1.75. The lowest BCUT2D eigenvalue weighted by molar-refractivity contribution is 0.0927. The van der Waals surface area contributed by atoms with Crippen LogP contribution in [-0.2, 0) is 0 Å². The van der Waals surface area contributed by atoms with Crippen molar-refractivity contribution in [3.05, 3.63) is 23.8 Å². The number of benzene rings is 1. The van der Waals surface area contributed by atoms with Crippen molar-refractivity contribution in [3.8, 4) is 5.75 Å². The van der Waals surface area contributed by atoms with E-state index in [4.69, 9.17) is 10.5 Å². The molecule has 1 aromatic rings. The number of methoxy groups -OCH3 is 1. The minimum Gasteiger partial charge on any atom is -0.495 e. The van der Waals surface area contributed by atoms with Gasteiger partial charge in [0.15, 0.2) is 0 Å². The van der Waals surface area contributed by atoms with Crippen molar-refractivity contribution in [2.45, 2.75) is 31.7 Å². The van der Waals surface area contributed by atoms with Gasteiger partial charge in [-0.3, -0.25) is 4.79 Å². The highest BCUT2D eigenvalue weighted by Gasteiger charge is 2.42. The molecule has 1 aromatic carbocycles. The summed E-state index contributed by atoms with van der Waals surface area (Å²) in [6.07, 6.45) is 4.98. The molecule has 0 aliphatic heterocycles. The van der Waals surface area contributed by atoms with Gasteiger partial charge in [0.25, 0.3) is 5.91 Å². The Kier molecular flexibility index (Phi) is 3.09. The van der Waals surface area contributed by atoms with Gasteiger partial charge in [0.05, 0.1) is 18.4 Å². The van der Waals surface area contributed by atoms with Gasteiger partial charge in [0.1, 0.15) is 5.75 Å². The first-order valence-electron chi connectivity index (χ1n) is 6.94. The van der Waals surface area contributed by atoms with E-state index in [1.54, 1.807) is 25.3 Å². The normalized spacial score (nSPS) is 18.4. The summed E-state index contributed by atoms with van der Waals surface area (Å²) in [5.74, 6) is 1.86. The van der Waals surface area contributed by atoms with Gasteiger partial charge in [-0.2, -0.15) is 0 Å². The summed E-state index contributed by atoms with van der Waals surface area (Å²) < 4.78 is 5.16. The molecule has 0 spiro atoms. The Hall–Kier alpha value is -1.71. The van der Waals surface area contributed by atoms with E-state index >= 15 is 0 Å². The Morgan fingerprint density at radius 1 is 1.32 bits per heavy atom. The molecule has 102 valence electrons.